The number of nitrogens with two attached hydrogens (primary N) is 1. The van der Waals surface area contributed by atoms with Gasteiger partial charge in [-0.25, -0.2) is 4.79 Å². The van der Waals surface area contributed by atoms with Crippen molar-refractivity contribution in [3.8, 4) is 0 Å². The van der Waals surface area contributed by atoms with Crippen LogP contribution in [0, 0.1) is 13.8 Å². The molecule has 0 aromatic heterocycles. The lowest BCUT2D eigenvalue weighted by Crippen LogP contribution is -2.43. The minimum absolute atomic E-state index is 0.0156. The number of hydrogen-bond donors (Lipinski definition) is 2. The maximum absolute atomic E-state index is 10.9. The molecule has 0 amide bonds. The van der Waals surface area contributed by atoms with Gasteiger partial charge in [0.05, 0.1) is 6.04 Å². The Morgan fingerprint density at radius 3 is 2.47 bits per heavy atom. The zero-order valence-electron chi connectivity index (χ0n) is 21.3. The highest BCUT2D eigenvalue weighted by atomic mass is 16.4. The first-order chi connectivity index (χ1) is 17.3. The molecule has 1 heterocycles. The summed E-state index contributed by atoms with van der Waals surface area (Å²) < 4.78 is 0. The lowest BCUT2D eigenvalue weighted by atomic mass is 9.82. The fourth-order valence-electron chi connectivity index (χ4n) is 5.17. The van der Waals surface area contributed by atoms with Crippen molar-refractivity contribution >= 4 is 29.5 Å². The van der Waals surface area contributed by atoms with Gasteiger partial charge in [-0.1, -0.05) is 60.2 Å². The molecule has 3 aromatic carbocycles. The van der Waals surface area contributed by atoms with Gasteiger partial charge in [0.2, 0.25) is 0 Å². The summed E-state index contributed by atoms with van der Waals surface area (Å²) in [6, 6.07) is 21.7. The first-order valence-corrected chi connectivity index (χ1v) is 12.2. The van der Waals surface area contributed by atoms with Crippen LogP contribution in [0.25, 0.3) is 11.6 Å². The number of allylic oxidation sites excluding steroid dienone is 1. The van der Waals surface area contributed by atoms with Crippen LogP contribution in [0.1, 0.15) is 51.9 Å². The van der Waals surface area contributed by atoms with E-state index in [0.29, 0.717) is 0 Å². The fraction of sp³-hybridized carbons (Fsp3) is 0.226. The monoisotopic (exact) mass is 479 g/mol. The molecule has 0 saturated carbocycles. The number of benzene rings is 3. The number of aliphatic imine (C=N–C) groups is 1. The Morgan fingerprint density at radius 1 is 1.08 bits per heavy atom. The Balaban J connectivity index is 1.86. The number of nitrogens with zero attached hydrogens (tertiary/aromatic N) is 2. The molecule has 2 unspecified atom stereocenters. The van der Waals surface area contributed by atoms with Crippen LogP contribution in [0.15, 0.2) is 77.9 Å². The molecule has 2 atom stereocenters. The Labute approximate surface area is 213 Å². The predicted octanol–water partition coefficient (Wildman–Crippen LogP) is 5.94. The van der Waals surface area contributed by atoms with E-state index in [4.69, 9.17) is 10.8 Å². The average Bonchev–Trinajstić information content (AvgIpc) is 2.86. The van der Waals surface area contributed by atoms with Gasteiger partial charge >= 0.3 is 5.97 Å². The Morgan fingerprint density at radius 2 is 1.83 bits per heavy atom. The lowest BCUT2D eigenvalue weighted by molar-refractivity contribution is -0.131. The number of anilines is 1. The summed E-state index contributed by atoms with van der Waals surface area (Å²) in [4.78, 5) is 17.6. The van der Waals surface area contributed by atoms with E-state index in [1.807, 2.05) is 12.1 Å². The van der Waals surface area contributed by atoms with Gasteiger partial charge in [0, 0.05) is 42.8 Å². The molecular formula is C31H33N3O2. The molecule has 5 nitrogen and oxygen atoms in total. The first-order valence-electron chi connectivity index (χ1n) is 12.2. The van der Waals surface area contributed by atoms with Crippen molar-refractivity contribution in [1.29, 1.82) is 0 Å². The van der Waals surface area contributed by atoms with Crippen molar-refractivity contribution in [2.24, 2.45) is 10.7 Å². The minimum Gasteiger partial charge on any atom is -0.478 e. The summed E-state index contributed by atoms with van der Waals surface area (Å²) in [5.74, 6) is -0.954. The Kier molecular flexibility index (Phi) is 7.39. The number of carboxylic acids is 1. The predicted molar refractivity (Wildman–Crippen MR) is 150 cm³/mol. The number of fused-ring (bicyclic) bond motifs is 1. The largest absolute Gasteiger partial charge is 0.478 e. The Hall–Kier alpha value is -4.12. The van der Waals surface area contributed by atoms with Gasteiger partial charge < -0.3 is 15.7 Å². The van der Waals surface area contributed by atoms with Crippen LogP contribution in [-0.2, 0) is 11.2 Å². The summed E-state index contributed by atoms with van der Waals surface area (Å²) in [7, 11) is 1.75. The molecule has 1 aliphatic heterocycles. The third kappa shape index (κ3) is 5.10. The van der Waals surface area contributed by atoms with E-state index in [1.165, 1.54) is 34.0 Å². The van der Waals surface area contributed by atoms with Crippen molar-refractivity contribution < 1.29 is 9.90 Å². The number of carbonyl (C=O) groups is 1. The third-order valence-corrected chi connectivity index (χ3v) is 6.79. The number of hydrogen-bond acceptors (Lipinski definition) is 4. The highest BCUT2D eigenvalue weighted by molar-refractivity contribution is 6.09. The zero-order valence-corrected chi connectivity index (χ0v) is 21.3. The number of carboxylic acid groups (broad SMARTS) is 1. The Bertz CT molecular complexity index is 1350. The van der Waals surface area contributed by atoms with Crippen LogP contribution in [0.5, 0.6) is 0 Å². The smallest absolute Gasteiger partial charge is 0.328 e. The maximum atomic E-state index is 10.9. The summed E-state index contributed by atoms with van der Waals surface area (Å²) in [5, 5.41) is 8.98. The number of aryl methyl sites for hydroxylation is 2. The number of rotatable bonds is 6. The zero-order chi connectivity index (χ0) is 25.8. The van der Waals surface area contributed by atoms with Crippen LogP contribution in [-0.4, -0.2) is 30.4 Å². The maximum Gasteiger partial charge on any atom is 0.328 e. The first kappa shape index (κ1) is 25.0. The summed E-state index contributed by atoms with van der Waals surface area (Å²) in [5.41, 5.74) is 16.1. The van der Waals surface area contributed by atoms with Crippen molar-refractivity contribution in [1.82, 2.24) is 0 Å². The molecule has 0 fully saturated rings. The normalized spacial score (nSPS) is 18.1. The molecule has 0 saturated heterocycles. The van der Waals surface area contributed by atoms with Crippen LogP contribution < -0.4 is 10.6 Å². The second-order valence-corrected chi connectivity index (χ2v) is 9.41. The van der Waals surface area contributed by atoms with Gasteiger partial charge in [0.1, 0.15) is 0 Å². The third-order valence-electron chi connectivity index (χ3n) is 6.79. The molecule has 3 aromatic rings. The summed E-state index contributed by atoms with van der Waals surface area (Å²) in [6.07, 6.45) is 7.08. The van der Waals surface area contributed by atoms with Gasteiger partial charge in [-0.2, -0.15) is 0 Å². The van der Waals surface area contributed by atoms with Crippen molar-refractivity contribution in [2.45, 2.75) is 39.3 Å². The molecule has 0 bridgehead atoms. The molecule has 0 spiro atoms. The molecule has 5 heteroatoms. The highest BCUT2D eigenvalue weighted by Crippen LogP contribution is 2.43. The van der Waals surface area contributed by atoms with E-state index in [9.17, 15) is 4.79 Å². The molecule has 3 N–H and O–H groups in total. The van der Waals surface area contributed by atoms with Crippen LogP contribution in [0.3, 0.4) is 0 Å². The van der Waals surface area contributed by atoms with Crippen LogP contribution in [0.2, 0.25) is 0 Å². The van der Waals surface area contributed by atoms with Gasteiger partial charge in [-0.15, -0.1) is 0 Å². The second kappa shape index (κ2) is 10.6. The molecule has 1 aliphatic rings. The van der Waals surface area contributed by atoms with Crippen molar-refractivity contribution in [3.05, 3.63) is 112 Å². The highest BCUT2D eigenvalue weighted by Gasteiger charge is 2.34. The van der Waals surface area contributed by atoms with Crippen molar-refractivity contribution in [2.75, 3.05) is 11.9 Å². The van der Waals surface area contributed by atoms with E-state index in [-0.39, 0.29) is 12.1 Å². The molecule has 0 radical (unpaired) electrons. The van der Waals surface area contributed by atoms with Gasteiger partial charge in [-0.3, -0.25) is 4.99 Å². The van der Waals surface area contributed by atoms with E-state index >= 15 is 0 Å². The summed E-state index contributed by atoms with van der Waals surface area (Å²) >= 11 is 0. The lowest BCUT2D eigenvalue weighted by Gasteiger charge is -2.45. The second-order valence-electron chi connectivity index (χ2n) is 9.41. The SMILES string of the molecule is CN=CC(=CN)c1ccc2c(c1)CC(C)N(c1ccc(C)cc1C)C2c1ccc(/C=C/C(=O)O)cc1. The molecule has 184 valence electrons. The molecule has 0 aliphatic carbocycles. The summed E-state index contributed by atoms with van der Waals surface area (Å²) in [6.45, 7) is 6.57. The fourth-order valence-corrected chi connectivity index (χ4v) is 5.17. The standard InChI is InChI=1S/C31H33N3O2/c1-20-5-13-29(21(2)15-20)34-22(3)16-26-17-25(27(18-32)19-33-4)11-12-28(26)31(34)24-9-6-23(7-10-24)8-14-30(35)36/h5-15,17-19,22,31H,16,32H2,1-4H3,(H,35,36)/b14-8+,27-18?,33-19?. The van der Waals surface area contributed by atoms with Crippen LogP contribution in [0.4, 0.5) is 5.69 Å². The number of aliphatic carboxylic acids is 1. The van der Waals surface area contributed by atoms with Crippen molar-refractivity contribution in [3.63, 3.8) is 0 Å². The van der Waals surface area contributed by atoms with Gasteiger partial charge in [0.25, 0.3) is 0 Å². The van der Waals surface area contributed by atoms with E-state index in [2.05, 4.69) is 79.2 Å². The minimum atomic E-state index is -0.954. The van der Waals surface area contributed by atoms with E-state index in [0.717, 1.165) is 28.7 Å². The topological polar surface area (TPSA) is 78.9 Å². The average molecular weight is 480 g/mol. The van der Waals surface area contributed by atoms with E-state index in [1.54, 1.807) is 25.5 Å². The van der Waals surface area contributed by atoms with Gasteiger partial charge in [-0.05, 0) is 72.7 Å². The van der Waals surface area contributed by atoms with E-state index < -0.39 is 5.97 Å². The van der Waals surface area contributed by atoms with Gasteiger partial charge in [0.15, 0.2) is 0 Å². The molecular weight excluding hydrogens is 446 g/mol. The quantitative estimate of drug-likeness (QED) is 0.339. The molecule has 4 rings (SSSR count). The molecule has 36 heavy (non-hydrogen) atoms. The van der Waals surface area contributed by atoms with Crippen LogP contribution >= 0.6 is 0 Å².